The number of sulfonamides is 1. The van der Waals surface area contributed by atoms with E-state index in [1.165, 1.54) is 28.3 Å². The third-order valence-electron chi connectivity index (χ3n) is 7.44. The molecule has 36 heavy (non-hydrogen) atoms. The van der Waals surface area contributed by atoms with Crippen LogP contribution in [0.4, 0.5) is 0 Å². The SMILES string of the molecule is CC(c1cn(Cc2ccccc2)c2ccc(CS(=O)(=O)N(C)Cc3ccccc3)cc12)C1CCCN1. The molecule has 0 bridgehead atoms. The van der Waals surface area contributed by atoms with E-state index in [2.05, 4.69) is 59.4 Å². The van der Waals surface area contributed by atoms with Crippen molar-refractivity contribution >= 4 is 20.9 Å². The smallest absolute Gasteiger partial charge is 0.218 e. The molecule has 2 unspecified atom stereocenters. The highest BCUT2D eigenvalue weighted by molar-refractivity contribution is 7.88. The average Bonchev–Trinajstić information content (AvgIpc) is 3.53. The summed E-state index contributed by atoms with van der Waals surface area (Å²) >= 11 is 0. The molecule has 1 fully saturated rings. The molecule has 0 saturated carbocycles. The second kappa shape index (κ2) is 10.6. The molecule has 1 aliphatic rings. The number of nitrogens with zero attached hydrogens (tertiary/aromatic N) is 2. The van der Waals surface area contributed by atoms with E-state index >= 15 is 0 Å². The van der Waals surface area contributed by atoms with Crippen LogP contribution in [0.25, 0.3) is 10.9 Å². The zero-order valence-corrected chi connectivity index (χ0v) is 21.9. The Bertz CT molecular complexity index is 1410. The van der Waals surface area contributed by atoms with Crippen LogP contribution in [-0.4, -0.2) is 36.9 Å². The topological polar surface area (TPSA) is 54.3 Å². The molecule has 0 radical (unpaired) electrons. The maximum absolute atomic E-state index is 13.2. The van der Waals surface area contributed by atoms with E-state index in [0.717, 1.165) is 35.1 Å². The molecule has 3 aromatic carbocycles. The van der Waals surface area contributed by atoms with Gasteiger partial charge >= 0.3 is 0 Å². The van der Waals surface area contributed by atoms with Crippen LogP contribution in [0.3, 0.4) is 0 Å². The molecule has 188 valence electrons. The maximum Gasteiger partial charge on any atom is 0.218 e. The van der Waals surface area contributed by atoms with Gasteiger partial charge in [-0.2, -0.15) is 0 Å². The summed E-state index contributed by atoms with van der Waals surface area (Å²) in [5.41, 5.74) is 5.50. The van der Waals surface area contributed by atoms with Crippen molar-refractivity contribution in [3.8, 4) is 0 Å². The number of hydrogen-bond donors (Lipinski definition) is 1. The fourth-order valence-electron chi connectivity index (χ4n) is 5.35. The Labute approximate surface area is 214 Å². The Morgan fingerprint density at radius 1 is 0.972 bits per heavy atom. The fourth-order valence-corrected chi connectivity index (χ4v) is 6.52. The van der Waals surface area contributed by atoms with Crippen LogP contribution in [0.15, 0.2) is 85.1 Å². The number of rotatable bonds is 9. The highest BCUT2D eigenvalue weighted by Gasteiger charge is 2.26. The first kappa shape index (κ1) is 24.8. The summed E-state index contributed by atoms with van der Waals surface area (Å²) in [5, 5.41) is 4.82. The van der Waals surface area contributed by atoms with Gasteiger partial charge < -0.3 is 9.88 Å². The van der Waals surface area contributed by atoms with Crippen LogP contribution in [0.5, 0.6) is 0 Å². The quantitative estimate of drug-likeness (QED) is 0.329. The van der Waals surface area contributed by atoms with Gasteiger partial charge in [-0.05, 0) is 59.7 Å². The Balaban J connectivity index is 1.46. The zero-order valence-electron chi connectivity index (χ0n) is 21.1. The van der Waals surface area contributed by atoms with Gasteiger partial charge in [0.1, 0.15) is 0 Å². The molecule has 1 N–H and O–H groups in total. The molecule has 5 rings (SSSR count). The maximum atomic E-state index is 13.2. The molecule has 2 atom stereocenters. The minimum Gasteiger partial charge on any atom is -0.343 e. The minimum absolute atomic E-state index is 0.00830. The Morgan fingerprint density at radius 3 is 2.33 bits per heavy atom. The van der Waals surface area contributed by atoms with E-state index in [-0.39, 0.29) is 5.75 Å². The summed E-state index contributed by atoms with van der Waals surface area (Å²) in [5.74, 6) is 0.339. The highest BCUT2D eigenvalue weighted by atomic mass is 32.2. The standard InChI is InChI=1S/C30H35N3O2S/c1-23(29-14-9-17-31-29)28-21-33(20-25-12-7-4-8-13-25)30-16-15-26(18-27(28)30)22-36(34,35)32(2)19-24-10-5-3-6-11-24/h3-8,10-13,15-16,18,21,23,29,31H,9,14,17,19-20,22H2,1-2H3. The molecule has 4 aromatic rings. The molecule has 1 aromatic heterocycles. The van der Waals surface area contributed by atoms with E-state index in [4.69, 9.17) is 0 Å². The molecule has 0 spiro atoms. The third kappa shape index (κ3) is 5.41. The summed E-state index contributed by atoms with van der Waals surface area (Å²) in [7, 11) is -1.79. The predicted octanol–water partition coefficient (Wildman–Crippen LogP) is 5.51. The van der Waals surface area contributed by atoms with Crippen molar-refractivity contribution < 1.29 is 8.42 Å². The lowest BCUT2D eigenvalue weighted by Crippen LogP contribution is -2.27. The van der Waals surface area contributed by atoms with Crippen molar-refractivity contribution in [1.29, 1.82) is 0 Å². The van der Waals surface area contributed by atoms with Crippen LogP contribution in [0, 0.1) is 0 Å². The first-order valence-electron chi connectivity index (χ1n) is 12.8. The van der Waals surface area contributed by atoms with Gasteiger partial charge in [0.15, 0.2) is 0 Å². The first-order valence-corrected chi connectivity index (χ1v) is 14.4. The molecule has 6 heteroatoms. The molecule has 0 aliphatic carbocycles. The van der Waals surface area contributed by atoms with Crippen LogP contribution in [0.2, 0.25) is 0 Å². The molecule has 1 aliphatic heterocycles. The number of fused-ring (bicyclic) bond motifs is 1. The van der Waals surface area contributed by atoms with Crippen molar-refractivity contribution in [2.75, 3.05) is 13.6 Å². The second-order valence-corrected chi connectivity index (χ2v) is 12.1. The molecular weight excluding hydrogens is 466 g/mol. The average molecular weight is 502 g/mol. The van der Waals surface area contributed by atoms with Crippen molar-refractivity contribution in [2.45, 2.75) is 50.6 Å². The fraction of sp³-hybridized carbons (Fsp3) is 0.333. The van der Waals surface area contributed by atoms with Crippen molar-refractivity contribution in [2.24, 2.45) is 0 Å². The summed E-state index contributed by atoms with van der Waals surface area (Å²) in [6.07, 6.45) is 4.65. The van der Waals surface area contributed by atoms with E-state index < -0.39 is 10.0 Å². The van der Waals surface area contributed by atoms with Crippen LogP contribution in [-0.2, 0) is 28.9 Å². The number of hydrogen-bond acceptors (Lipinski definition) is 3. The van der Waals surface area contributed by atoms with Crippen molar-refractivity contribution in [1.82, 2.24) is 14.2 Å². The number of benzene rings is 3. The van der Waals surface area contributed by atoms with Gasteiger partial charge in [0.05, 0.1) is 5.75 Å². The highest BCUT2D eigenvalue weighted by Crippen LogP contribution is 2.34. The largest absolute Gasteiger partial charge is 0.343 e. The summed E-state index contributed by atoms with van der Waals surface area (Å²) < 4.78 is 30.2. The van der Waals surface area contributed by atoms with E-state index in [9.17, 15) is 8.42 Å². The third-order valence-corrected chi connectivity index (χ3v) is 9.21. The van der Waals surface area contributed by atoms with Gasteiger partial charge in [-0.3, -0.25) is 0 Å². The lowest BCUT2D eigenvalue weighted by atomic mass is 9.92. The Kier molecular flexibility index (Phi) is 7.28. The molecule has 0 amide bonds. The van der Waals surface area contributed by atoms with E-state index in [1.54, 1.807) is 7.05 Å². The van der Waals surface area contributed by atoms with E-state index in [0.29, 0.717) is 18.5 Å². The summed E-state index contributed by atoms with van der Waals surface area (Å²) in [6.45, 7) is 4.52. The lowest BCUT2D eigenvalue weighted by molar-refractivity contribution is 0.466. The number of aromatic nitrogens is 1. The lowest BCUT2D eigenvalue weighted by Gasteiger charge is -2.19. The summed E-state index contributed by atoms with van der Waals surface area (Å²) in [4.78, 5) is 0. The monoisotopic (exact) mass is 501 g/mol. The van der Waals surface area contributed by atoms with Crippen LogP contribution >= 0.6 is 0 Å². The zero-order chi connectivity index (χ0) is 25.1. The normalized spacial score (nSPS) is 17.1. The Morgan fingerprint density at radius 2 is 1.67 bits per heavy atom. The first-order chi connectivity index (χ1) is 17.4. The minimum atomic E-state index is -3.46. The molecule has 2 heterocycles. The van der Waals surface area contributed by atoms with Crippen LogP contribution < -0.4 is 5.32 Å². The van der Waals surface area contributed by atoms with Gasteiger partial charge in [-0.15, -0.1) is 0 Å². The van der Waals surface area contributed by atoms with Gasteiger partial charge in [-0.1, -0.05) is 73.7 Å². The van der Waals surface area contributed by atoms with E-state index in [1.807, 2.05) is 42.5 Å². The van der Waals surface area contributed by atoms with Gasteiger partial charge in [0.25, 0.3) is 0 Å². The number of nitrogens with one attached hydrogen (secondary N) is 1. The van der Waals surface area contributed by atoms with Gasteiger partial charge in [0.2, 0.25) is 10.0 Å². The molecule has 5 nitrogen and oxygen atoms in total. The van der Waals surface area contributed by atoms with Crippen molar-refractivity contribution in [3.63, 3.8) is 0 Å². The van der Waals surface area contributed by atoms with Gasteiger partial charge in [-0.25, -0.2) is 12.7 Å². The predicted molar refractivity (Wildman–Crippen MR) is 147 cm³/mol. The van der Waals surface area contributed by atoms with Gasteiger partial charge in [0, 0.05) is 43.3 Å². The molecular formula is C30H35N3O2S. The second-order valence-electron chi connectivity index (χ2n) is 10.0. The Hall–Kier alpha value is -2.93. The molecule has 1 saturated heterocycles. The summed E-state index contributed by atoms with van der Waals surface area (Å²) in [6, 6.07) is 26.8. The van der Waals surface area contributed by atoms with Crippen molar-refractivity contribution in [3.05, 3.63) is 107 Å². The van der Waals surface area contributed by atoms with Crippen LogP contribution in [0.1, 0.15) is 47.9 Å².